The molecule has 0 aromatic heterocycles. The minimum Gasteiger partial charge on any atom is -0.465 e. The van der Waals surface area contributed by atoms with E-state index in [1.165, 1.54) is 11.1 Å². The first-order chi connectivity index (χ1) is 12.7. The number of ether oxygens (including phenoxy) is 2. The summed E-state index contributed by atoms with van der Waals surface area (Å²) in [6, 6.07) is 20.2. The van der Waals surface area contributed by atoms with Crippen molar-refractivity contribution in [3.05, 3.63) is 71.8 Å². The van der Waals surface area contributed by atoms with E-state index >= 15 is 0 Å². The van der Waals surface area contributed by atoms with Crippen molar-refractivity contribution in [2.45, 2.75) is 18.8 Å². The molecule has 0 fully saturated rings. The highest BCUT2D eigenvalue weighted by molar-refractivity contribution is 6.18. The summed E-state index contributed by atoms with van der Waals surface area (Å²) in [6.45, 7) is 0.430. The van der Waals surface area contributed by atoms with E-state index in [0.29, 0.717) is 12.3 Å². The SMILES string of the molecule is O=C(COCCCl)CC(=O)OCCC(c1ccccc1)c1ccccc1. The van der Waals surface area contributed by atoms with E-state index < -0.39 is 5.97 Å². The number of esters is 1. The molecule has 138 valence electrons. The van der Waals surface area contributed by atoms with Crippen LogP contribution in [0.2, 0.25) is 0 Å². The molecule has 0 atom stereocenters. The van der Waals surface area contributed by atoms with Gasteiger partial charge in [0, 0.05) is 11.8 Å². The van der Waals surface area contributed by atoms with Crippen molar-refractivity contribution >= 4 is 23.4 Å². The van der Waals surface area contributed by atoms with Gasteiger partial charge >= 0.3 is 5.97 Å². The van der Waals surface area contributed by atoms with E-state index in [4.69, 9.17) is 21.1 Å². The fourth-order valence-corrected chi connectivity index (χ4v) is 2.80. The van der Waals surface area contributed by atoms with Gasteiger partial charge in [0.05, 0.1) is 13.2 Å². The lowest BCUT2D eigenvalue weighted by Gasteiger charge is -2.18. The van der Waals surface area contributed by atoms with Gasteiger partial charge in [-0.1, -0.05) is 60.7 Å². The standard InChI is InChI=1S/C21H23ClO4/c22-12-14-25-16-19(23)15-21(24)26-13-11-20(17-7-3-1-4-8-17)18-9-5-2-6-10-18/h1-10,20H,11-16H2. The number of carbonyl (C=O) groups excluding carboxylic acids is 2. The lowest BCUT2D eigenvalue weighted by molar-refractivity contribution is -0.147. The Morgan fingerprint density at radius 1 is 0.885 bits per heavy atom. The van der Waals surface area contributed by atoms with Crippen LogP contribution in [0.3, 0.4) is 0 Å². The number of hydrogen-bond donors (Lipinski definition) is 0. The molecule has 0 bridgehead atoms. The summed E-state index contributed by atoms with van der Waals surface area (Å²) in [5.41, 5.74) is 2.33. The van der Waals surface area contributed by atoms with Crippen LogP contribution in [0.5, 0.6) is 0 Å². The van der Waals surface area contributed by atoms with Crippen LogP contribution < -0.4 is 0 Å². The summed E-state index contributed by atoms with van der Waals surface area (Å²) in [5.74, 6) is -0.377. The van der Waals surface area contributed by atoms with E-state index in [1.807, 2.05) is 36.4 Å². The molecule has 0 spiro atoms. The molecule has 0 amide bonds. The van der Waals surface area contributed by atoms with Gasteiger partial charge in [-0.2, -0.15) is 0 Å². The summed E-state index contributed by atoms with van der Waals surface area (Å²) in [4.78, 5) is 23.4. The summed E-state index contributed by atoms with van der Waals surface area (Å²) in [6.07, 6.45) is 0.375. The third kappa shape index (κ3) is 6.98. The van der Waals surface area contributed by atoms with Crippen molar-refractivity contribution < 1.29 is 19.1 Å². The molecule has 5 heteroatoms. The first-order valence-electron chi connectivity index (χ1n) is 8.61. The molecule has 2 rings (SSSR count). The van der Waals surface area contributed by atoms with E-state index in [2.05, 4.69) is 24.3 Å². The lowest BCUT2D eigenvalue weighted by Crippen LogP contribution is -2.17. The van der Waals surface area contributed by atoms with Gasteiger partial charge in [0.25, 0.3) is 0 Å². The minimum absolute atomic E-state index is 0.113. The highest BCUT2D eigenvalue weighted by Crippen LogP contribution is 2.27. The predicted octanol–water partition coefficient (Wildman–Crippen LogP) is 3.97. The van der Waals surface area contributed by atoms with Gasteiger partial charge in [-0.15, -0.1) is 11.6 Å². The van der Waals surface area contributed by atoms with Crippen molar-refractivity contribution in [3.63, 3.8) is 0 Å². The monoisotopic (exact) mass is 374 g/mol. The number of Topliss-reactive ketones (excluding diaryl/α,β-unsaturated/α-hetero) is 1. The molecule has 0 aliphatic rings. The Kier molecular flexibility index (Phi) is 8.87. The van der Waals surface area contributed by atoms with Crippen LogP contribution in [0, 0.1) is 0 Å². The van der Waals surface area contributed by atoms with Gasteiger partial charge in [0.2, 0.25) is 0 Å². The molecule has 2 aromatic rings. The molecule has 0 saturated carbocycles. The van der Waals surface area contributed by atoms with Gasteiger partial charge in [-0.25, -0.2) is 0 Å². The minimum atomic E-state index is -0.524. The summed E-state index contributed by atoms with van der Waals surface area (Å²) in [7, 11) is 0. The van der Waals surface area contributed by atoms with Crippen LogP contribution in [0.15, 0.2) is 60.7 Å². The molecule has 0 N–H and O–H groups in total. The highest BCUT2D eigenvalue weighted by atomic mass is 35.5. The van der Waals surface area contributed by atoms with Crippen molar-refractivity contribution in [1.29, 1.82) is 0 Å². The van der Waals surface area contributed by atoms with Gasteiger partial charge in [-0.05, 0) is 17.5 Å². The number of rotatable bonds is 11. The van der Waals surface area contributed by atoms with E-state index in [9.17, 15) is 9.59 Å². The summed E-state index contributed by atoms with van der Waals surface area (Å²) < 4.78 is 10.3. The average molecular weight is 375 g/mol. The van der Waals surface area contributed by atoms with Crippen molar-refractivity contribution in [2.24, 2.45) is 0 Å². The fraction of sp³-hybridized carbons (Fsp3) is 0.333. The molecule has 0 aliphatic carbocycles. The number of alkyl halides is 1. The molecular formula is C21H23ClO4. The Labute approximate surface area is 159 Å². The van der Waals surface area contributed by atoms with Gasteiger partial charge in [0.1, 0.15) is 13.0 Å². The van der Waals surface area contributed by atoms with E-state index in [-0.39, 0.29) is 37.9 Å². The van der Waals surface area contributed by atoms with Crippen molar-refractivity contribution in [3.8, 4) is 0 Å². The molecular weight excluding hydrogens is 352 g/mol. The lowest BCUT2D eigenvalue weighted by atomic mass is 9.89. The van der Waals surface area contributed by atoms with Crippen LogP contribution in [0.1, 0.15) is 29.9 Å². The number of ketones is 1. The molecule has 0 saturated heterocycles. The third-order valence-electron chi connectivity index (χ3n) is 3.90. The van der Waals surface area contributed by atoms with Gasteiger partial charge < -0.3 is 9.47 Å². The number of benzene rings is 2. The summed E-state index contributed by atoms with van der Waals surface area (Å²) in [5, 5.41) is 0. The zero-order valence-electron chi connectivity index (χ0n) is 14.6. The molecule has 0 heterocycles. The Morgan fingerprint density at radius 3 is 2.00 bits per heavy atom. The summed E-state index contributed by atoms with van der Waals surface area (Å²) >= 11 is 5.46. The van der Waals surface area contributed by atoms with Gasteiger partial charge in [-0.3, -0.25) is 9.59 Å². The molecule has 4 nitrogen and oxygen atoms in total. The molecule has 26 heavy (non-hydrogen) atoms. The number of hydrogen-bond acceptors (Lipinski definition) is 4. The molecule has 0 aliphatic heterocycles. The third-order valence-corrected chi connectivity index (χ3v) is 4.05. The van der Waals surface area contributed by atoms with E-state index in [1.54, 1.807) is 0 Å². The molecule has 0 radical (unpaired) electrons. The maximum absolute atomic E-state index is 11.8. The Morgan fingerprint density at radius 2 is 1.46 bits per heavy atom. The second-order valence-corrected chi connectivity index (χ2v) is 6.22. The highest BCUT2D eigenvalue weighted by Gasteiger charge is 2.16. The first kappa shape index (κ1) is 20.1. The Bertz CT molecular complexity index is 633. The van der Waals surface area contributed by atoms with Crippen LogP contribution in [-0.4, -0.2) is 37.5 Å². The molecule has 2 aromatic carbocycles. The molecule has 0 unspecified atom stereocenters. The van der Waals surface area contributed by atoms with Crippen molar-refractivity contribution in [2.75, 3.05) is 25.7 Å². The van der Waals surface area contributed by atoms with Crippen LogP contribution in [0.4, 0.5) is 0 Å². The maximum atomic E-state index is 11.8. The topological polar surface area (TPSA) is 52.6 Å². The van der Waals surface area contributed by atoms with Crippen LogP contribution in [-0.2, 0) is 19.1 Å². The fourth-order valence-electron chi connectivity index (χ4n) is 2.69. The predicted molar refractivity (Wildman–Crippen MR) is 101 cm³/mol. The normalized spacial score (nSPS) is 10.7. The van der Waals surface area contributed by atoms with E-state index in [0.717, 1.165) is 0 Å². The van der Waals surface area contributed by atoms with Crippen LogP contribution >= 0.6 is 11.6 Å². The second-order valence-electron chi connectivity index (χ2n) is 5.84. The zero-order chi connectivity index (χ0) is 18.6. The first-order valence-corrected chi connectivity index (χ1v) is 9.15. The number of carbonyl (C=O) groups is 2. The zero-order valence-corrected chi connectivity index (χ0v) is 15.4. The average Bonchev–Trinajstić information content (AvgIpc) is 2.67. The maximum Gasteiger partial charge on any atom is 0.313 e. The second kappa shape index (κ2) is 11.4. The smallest absolute Gasteiger partial charge is 0.313 e. The van der Waals surface area contributed by atoms with Crippen molar-refractivity contribution in [1.82, 2.24) is 0 Å². The number of halogens is 1. The van der Waals surface area contributed by atoms with Crippen LogP contribution in [0.25, 0.3) is 0 Å². The quantitative estimate of drug-likeness (QED) is 0.258. The largest absolute Gasteiger partial charge is 0.465 e. The Balaban J connectivity index is 1.86. The van der Waals surface area contributed by atoms with Gasteiger partial charge in [0.15, 0.2) is 5.78 Å². The Hall–Kier alpha value is -2.17.